The summed E-state index contributed by atoms with van der Waals surface area (Å²) in [4.78, 5) is 15.9. The van der Waals surface area contributed by atoms with Crippen molar-refractivity contribution in [3.63, 3.8) is 0 Å². The summed E-state index contributed by atoms with van der Waals surface area (Å²) < 4.78 is 23.2. The van der Waals surface area contributed by atoms with Gasteiger partial charge in [-0.25, -0.2) is 8.42 Å². The van der Waals surface area contributed by atoms with E-state index >= 15 is 0 Å². The first-order valence-electron chi connectivity index (χ1n) is 8.27. The molecule has 134 valence electrons. The van der Waals surface area contributed by atoms with Crippen LogP contribution in [0.3, 0.4) is 0 Å². The van der Waals surface area contributed by atoms with Crippen LogP contribution in [0.1, 0.15) is 32.8 Å². The minimum atomic E-state index is -2.98. The van der Waals surface area contributed by atoms with E-state index in [9.17, 15) is 13.2 Å². The Morgan fingerprint density at radius 3 is 2.21 bits per heavy atom. The SMILES string of the molecule is CN(CC(=O)N(C)[C@@H]1CCS(=O)(=O)C1)c1ccc(C(C)(C)C)cc1. The van der Waals surface area contributed by atoms with Gasteiger partial charge in [0.2, 0.25) is 5.91 Å². The molecule has 0 spiro atoms. The van der Waals surface area contributed by atoms with Crippen molar-refractivity contribution in [2.75, 3.05) is 37.0 Å². The second-order valence-electron chi connectivity index (χ2n) is 7.71. The number of carbonyl (C=O) groups is 1. The Kier molecular flexibility index (Phi) is 5.28. The first-order valence-corrected chi connectivity index (χ1v) is 10.1. The second kappa shape index (κ2) is 6.75. The van der Waals surface area contributed by atoms with Crippen LogP contribution in [0, 0.1) is 0 Å². The van der Waals surface area contributed by atoms with E-state index < -0.39 is 9.84 Å². The third-order valence-corrected chi connectivity index (χ3v) is 6.45. The molecule has 0 aromatic heterocycles. The molecule has 0 N–H and O–H groups in total. The smallest absolute Gasteiger partial charge is 0.242 e. The van der Waals surface area contributed by atoms with Crippen molar-refractivity contribution < 1.29 is 13.2 Å². The molecule has 2 rings (SSSR count). The van der Waals surface area contributed by atoms with Crippen LogP contribution in [0.4, 0.5) is 5.69 Å². The molecule has 1 aromatic rings. The van der Waals surface area contributed by atoms with Gasteiger partial charge in [0.05, 0.1) is 18.1 Å². The lowest BCUT2D eigenvalue weighted by Crippen LogP contribution is -2.43. The molecule has 1 amide bonds. The fourth-order valence-electron chi connectivity index (χ4n) is 2.91. The zero-order chi connectivity index (χ0) is 18.1. The van der Waals surface area contributed by atoms with Crippen molar-refractivity contribution in [1.82, 2.24) is 4.90 Å². The van der Waals surface area contributed by atoms with Gasteiger partial charge >= 0.3 is 0 Å². The van der Waals surface area contributed by atoms with Gasteiger partial charge in [0, 0.05) is 25.8 Å². The minimum Gasteiger partial charge on any atom is -0.365 e. The lowest BCUT2D eigenvalue weighted by molar-refractivity contribution is -0.130. The molecule has 24 heavy (non-hydrogen) atoms. The second-order valence-corrected chi connectivity index (χ2v) is 9.94. The molecule has 0 saturated carbocycles. The van der Waals surface area contributed by atoms with E-state index in [4.69, 9.17) is 0 Å². The molecule has 1 heterocycles. The summed E-state index contributed by atoms with van der Waals surface area (Å²) >= 11 is 0. The van der Waals surface area contributed by atoms with Gasteiger partial charge in [-0.2, -0.15) is 0 Å². The highest BCUT2D eigenvalue weighted by Crippen LogP contribution is 2.24. The number of sulfone groups is 1. The monoisotopic (exact) mass is 352 g/mol. The average Bonchev–Trinajstić information content (AvgIpc) is 2.85. The van der Waals surface area contributed by atoms with Crippen molar-refractivity contribution >= 4 is 21.4 Å². The third kappa shape index (κ3) is 4.50. The van der Waals surface area contributed by atoms with Crippen molar-refractivity contribution in [2.24, 2.45) is 0 Å². The number of nitrogens with zero attached hydrogens (tertiary/aromatic N) is 2. The summed E-state index contributed by atoms with van der Waals surface area (Å²) in [7, 11) is 0.596. The van der Waals surface area contributed by atoms with E-state index in [-0.39, 0.29) is 35.4 Å². The summed E-state index contributed by atoms with van der Waals surface area (Å²) in [5.74, 6) is 0.207. The first kappa shape index (κ1) is 18.8. The molecule has 1 saturated heterocycles. The zero-order valence-corrected chi connectivity index (χ0v) is 16.1. The number of anilines is 1. The predicted molar refractivity (Wildman–Crippen MR) is 98.2 cm³/mol. The van der Waals surface area contributed by atoms with Crippen molar-refractivity contribution in [2.45, 2.75) is 38.6 Å². The highest BCUT2D eigenvalue weighted by molar-refractivity contribution is 7.91. The largest absolute Gasteiger partial charge is 0.365 e. The summed E-state index contributed by atoms with van der Waals surface area (Å²) in [5.41, 5.74) is 2.32. The topological polar surface area (TPSA) is 57.7 Å². The summed E-state index contributed by atoms with van der Waals surface area (Å²) in [6.07, 6.45) is 0.536. The molecule has 0 aliphatic carbocycles. The Morgan fingerprint density at radius 1 is 1.17 bits per heavy atom. The third-order valence-electron chi connectivity index (χ3n) is 4.70. The van der Waals surface area contributed by atoms with Gasteiger partial charge in [0.25, 0.3) is 0 Å². The van der Waals surface area contributed by atoms with Crippen LogP contribution in [0.25, 0.3) is 0 Å². The van der Waals surface area contributed by atoms with E-state index in [0.717, 1.165) is 5.69 Å². The lowest BCUT2D eigenvalue weighted by Gasteiger charge is -2.27. The fraction of sp³-hybridized carbons (Fsp3) is 0.611. The van der Waals surface area contributed by atoms with Gasteiger partial charge in [-0.05, 0) is 29.5 Å². The molecular weight excluding hydrogens is 324 g/mol. The molecule has 0 bridgehead atoms. The van der Waals surface area contributed by atoms with Crippen LogP contribution in [-0.2, 0) is 20.0 Å². The van der Waals surface area contributed by atoms with Crippen LogP contribution in [0.2, 0.25) is 0 Å². The minimum absolute atomic E-state index is 0.0560. The Morgan fingerprint density at radius 2 is 1.75 bits per heavy atom. The van der Waals surface area contributed by atoms with E-state index in [1.807, 2.05) is 24.1 Å². The molecular formula is C18H28N2O3S. The summed E-state index contributed by atoms with van der Waals surface area (Å²) in [5, 5.41) is 0. The molecule has 1 aromatic carbocycles. The number of benzene rings is 1. The molecule has 1 aliphatic rings. The van der Waals surface area contributed by atoms with Gasteiger partial charge < -0.3 is 9.80 Å². The van der Waals surface area contributed by atoms with Gasteiger partial charge in [-0.1, -0.05) is 32.9 Å². The number of rotatable bonds is 4. The molecule has 6 heteroatoms. The number of hydrogen-bond acceptors (Lipinski definition) is 4. The van der Waals surface area contributed by atoms with Gasteiger partial charge in [0.15, 0.2) is 9.84 Å². The van der Waals surface area contributed by atoms with E-state index in [2.05, 4.69) is 32.9 Å². The summed E-state index contributed by atoms with van der Waals surface area (Å²) in [6, 6.07) is 8.02. The van der Waals surface area contributed by atoms with E-state index in [1.165, 1.54) is 5.56 Å². The predicted octanol–water partition coefficient (Wildman–Crippen LogP) is 2.07. The average molecular weight is 353 g/mol. The number of carbonyl (C=O) groups excluding carboxylic acids is 1. The molecule has 1 atom stereocenters. The van der Waals surface area contributed by atoms with E-state index in [0.29, 0.717) is 6.42 Å². The van der Waals surface area contributed by atoms with Crippen LogP contribution in [0.5, 0.6) is 0 Å². The Hall–Kier alpha value is -1.56. The molecule has 1 fully saturated rings. The maximum atomic E-state index is 12.4. The summed E-state index contributed by atoms with van der Waals surface area (Å²) in [6.45, 7) is 6.74. The van der Waals surface area contributed by atoms with E-state index in [1.54, 1.807) is 11.9 Å². The molecule has 0 unspecified atom stereocenters. The van der Waals surface area contributed by atoms with Crippen LogP contribution in [-0.4, -0.2) is 57.4 Å². The van der Waals surface area contributed by atoms with Crippen LogP contribution in [0.15, 0.2) is 24.3 Å². The molecule has 5 nitrogen and oxygen atoms in total. The van der Waals surface area contributed by atoms with Gasteiger partial charge in [-0.3, -0.25) is 4.79 Å². The quantitative estimate of drug-likeness (QED) is 0.832. The van der Waals surface area contributed by atoms with Crippen molar-refractivity contribution in [1.29, 1.82) is 0 Å². The highest BCUT2D eigenvalue weighted by Gasteiger charge is 2.32. The fourth-order valence-corrected chi connectivity index (χ4v) is 4.68. The van der Waals surface area contributed by atoms with Crippen LogP contribution < -0.4 is 4.90 Å². The lowest BCUT2D eigenvalue weighted by atomic mass is 9.87. The maximum absolute atomic E-state index is 12.4. The Labute approximate surface area is 145 Å². The number of hydrogen-bond donors (Lipinski definition) is 0. The molecule has 0 radical (unpaired) electrons. The highest BCUT2D eigenvalue weighted by atomic mass is 32.2. The number of amides is 1. The van der Waals surface area contributed by atoms with Crippen molar-refractivity contribution in [3.8, 4) is 0 Å². The first-order chi connectivity index (χ1) is 11.0. The zero-order valence-electron chi connectivity index (χ0n) is 15.2. The molecule has 1 aliphatic heterocycles. The number of likely N-dealkylation sites (N-methyl/N-ethyl adjacent to an activating group) is 2. The normalized spacial score (nSPS) is 20.0. The Balaban J connectivity index is 1.98. The van der Waals surface area contributed by atoms with Crippen LogP contribution >= 0.6 is 0 Å². The Bertz CT molecular complexity index is 690. The van der Waals surface area contributed by atoms with Gasteiger partial charge in [0.1, 0.15) is 0 Å². The maximum Gasteiger partial charge on any atom is 0.242 e. The van der Waals surface area contributed by atoms with Crippen molar-refractivity contribution in [3.05, 3.63) is 29.8 Å². The van der Waals surface area contributed by atoms with Gasteiger partial charge in [-0.15, -0.1) is 0 Å². The standard InChI is InChI=1S/C18H28N2O3S/c1-18(2,3)14-6-8-15(9-7-14)19(4)12-17(21)20(5)16-10-11-24(22,23)13-16/h6-9,16H,10-13H2,1-5H3/t16-/m1/s1.